The van der Waals surface area contributed by atoms with Gasteiger partial charge >= 0.3 is 0 Å². The molecule has 2 aromatic carbocycles. The Morgan fingerprint density at radius 2 is 1.97 bits per heavy atom. The average molecular weight is 487 g/mol. The van der Waals surface area contributed by atoms with Gasteiger partial charge in [0.2, 0.25) is 15.9 Å². The number of hydrogen-bond donors (Lipinski definition) is 1. The lowest BCUT2D eigenvalue weighted by Crippen LogP contribution is -2.40. The van der Waals surface area contributed by atoms with E-state index in [1.165, 1.54) is 34.9 Å². The number of sulfonamides is 1. The molecule has 0 atom stereocenters. The molecule has 0 saturated carbocycles. The van der Waals surface area contributed by atoms with Crippen molar-refractivity contribution in [1.82, 2.24) is 14.3 Å². The number of aromatic nitrogens is 2. The Balaban J connectivity index is 1.47. The Kier molecular flexibility index (Phi) is 6.68. The number of nitrogens with zero attached hydrogens (tertiary/aromatic N) is 4. The number of ether oxygens (including phenoxy) is 2. The summed E-state index contributed by atoms with van der Waals surface area (Å²) >= 11 is 0. The second kappa shape index (κ2) is 9.67. The number of carbonyl (C=O) groups is 1. The van der Waals surface area contributed by atoms with E-state index < -0.39 is 27.5 Å². The predicted molar refractivity (Wildman–Crippen MR) is 121 cm³/mol. The maximum absolute atomic E-state index is 13.0. The maximum atomic E-state index is 13.0. The lowest BCUT2D eigenvalue weighted by atomic mass is 10.2. The Morgan fingerprint density at radius 1 is 1.21 bits per heavy atom. The van der Waals surface area contributed by atoms with Crippen molar-refractivity contribution in [3.8, 4) is 5.88 Å². The molecule has 1 N–H and O–H groups in total. The number of benzene rings is 2. The Hall–Kier alpha value is -3.68. The molecule has 1 amide bonds. The fourth-order valence-electron chi connectivity index (χ4n) is 3.46. The van der Waals surface area contributed by atoms with Gasteiger partial charge < -0.3 is 14.8 Å². The van der Waals surface area contributed by atoms with Crippen LogP contribution in [0.25, 0.3) is 10.9 Å². The minimum Gasteiger partial charge on any atom is -0.467 e. The van der Waals surface area contributed by atoms with Gasteiger partial charge in [0.1, 0.15) is 6.33 Å². The summed E-state index contributed by atoms with van der Waals surface area (Å²) in [6.07, 6.45) is 1.18. The van der Waals surface area contributed by atoms with E-state index in [1.54, 1.807) is 19.1 Å². The lowest BCUT2D eigenvalue weighted by Gasteiger charge is -2.26. The Morgan fingerprint density at radius 3 is 2.71 bits per heavy atom. The highest BCUT2D eigenvalue weighted by atomic mass is 32.2. The van der Waals surface area contributed by atoms with E-state index in [9.17, 15) is 23.3 Å². The number of nitrogens with one attached hydrogen (secondary N) is 1. The molecule has 4 rings (SSSR count). The number of carbonyl (C=O) groups excluding carboxylic acids is 1. The van der Waals surface area contributed by atoms with Crippen LogP contribution in [0.2, 0.25) is 0 Å². The summed E-state index contributed by atoms with van der Waals surface area (Å²) in [7, 11) is -3.73. The van der Waals surface area contributed by atoms with E-state index >= 15 is 0 Å². The van der Waals surface area contributed by atoms with Crippen molar-refractivity contribution in [2.45, 2.75) is 11.8 Å². The quantitative estimate of drug-likeness (QED) is 0.388. The Labute approximate surface area is 194 Å². The fraction of sp³-hybridized carbons (Fsp3) is 0.286. The SMILES string of the molecule is Cc1ccc(NC(=O)COc2ncnc3cc([N+](=O)[O-])ccc23)cc1S(=O)(=O)N1CCOCC1. The van der Waals surface area contributed by atoms with Crippen LogP contribution in [0.15, 0.2) is 47.6 Å². The normalized spacial score (nSPS) is 14.6. The van der Waals surface area contributed by atoms with E-state index in [-0.39, 0.29) is 29.6 Å². The van der Waals surface area contributed by atoms with Crippen LogP contribution in [0, 0.1) is 17.0 Å². The van der Waals surface area contributed by atoms with Crippen LogP contribution >= 0.6 is 0 Å². The molecule has 1 fully saturated rings. The van der Waals surface area contributed by atoms with Crippen molar-refractivity contribution in [2.75, 3.05) is 38.2 Å². The summed E-state index contributed by atoms with van der Waals surface area (Å²) in [5, 5.41) is 14.0. The summed E-state index contributed by atoms with van der Waals surface area (Å²) < 4.78 is 38.1. The lowest BCUT2D eigenvalue weighted by molar-refractivity contribution is -0.384. The van der Waals surface area contributed by atoms with Crippen LogP contribution in [0.1, 0.15) is 5.56 Å². The molecule has 0 spiro atoms. The van der Waals surface area contributed by atoms with E-state index in [0.717, 1.165) is 0 Å². The van der Waals surface area contributed by atoms with E-state index in [2.05, 4.69) is 15.3 Å². The molecule has 1 aromatic heterocycles. The molecule has 178 valence electrons. The minimum absolute atomic E-state index is 0.0922. The van der Waals surface area contributed by atoms with Gasteiger partial charge in [-0.2, -0.15) is 4.31 Å². The monoisotopic (exact) mass is 487 g/mol. The minimum atomic E-state index is -3.73. The maximum Gasteiger partial charge on any atom is 0.271 e. The third-order valence-corrected chi connectivity index (χ3v) is 7.23. The second-order valence-corrected chi connectivity index (χ2v) is 9.38. The van der Waals surface area contributed by atoms with Crippen molar-refractivity contribution < 1.29 is 27.6 Å². The van der Waals surface area contributed by atoms with Gasteiger partial charge in [0.25, 0.3) is 11.6 Å². The average Bonchev–Trinajstić information content (AvgIpc) is 2.84. The first-order valence-electron chi connectivity index (χ1n) is 10.3. The molecule has 13 heteroatoms. The number of anilines is 1. The predicted octanol–water partition coefficient (Wildman–Crippen LogP) is 1.88. The number of non-ortho nitro benzene ring substituents is 1. The van der Waals surface area contributed by atoms with Gasteiger partial charge in [0, 0.05) is 30.9 Å². The molecule has 1 aliphatic rings. The number of fused-ring (bicyclic) bond motifs is 1. The van der Waals surface area contributed by atoms with Crippen molar-refractivity contribution in [1.29, 1.82) is 0 Å². The Bertz CT molecular complexity index is 1360. The first-order chi connectivity index (χ1) is 16.3. The van der Waals surface area contributed by atoms with Gasteiger partial charge in [-0.1, -0.05) is 6.07 Å². The molecule has 1 aliphatic heterocycles. The third kappa shape index (κ3) is 4.95. The molecule has 0 radical (unpaired) electrons. The van der Waals surface area contributed by atoms with Gasteiger partial charge in [0.15, 0.2) is 6.61 Å². The number of amides is 1. The van der Waals surface area contributed by atoms with Gasteiger partial charge in [-0.3, -0.25) is 14.9 Å². The second-order valence-electron chi connectivity index (χ2n) is 7.47. The number of nitro groups is 1. The summed E-state index contributed by atoms with van der Waals surface area (Å²) in [6.45, 7) is 2.47. The molecule has 1 saturated heterocycles. The summed E-state index contributed by atoms with van der Waals surface area (Å²) in [5.41, 5.74) is 1.03. The first kappa shape index (κ1) is 23.5. The fourth-order valence-corrected chi connectivity index (χ4v) is 5.12. The highest BCUT2D eigenvalue weighted by molar-refractivity contribution is 7.89. The van der Waals surface area contributed by atoms with Crippen molar-refractivity contribution >= 4 is 38.2 Å². The number of aryl methyl sites for hydroxylation is 1. The zero-order chi connectivity index (χ0) is 24.3. The molecule has 3 aromatic rings. The van der Waals surface area contributed by atoms with Gasteiger partial charge in [0.05, 0.1) is 33.9 Å². The van der Waals surface area contributed by atoms with Gasteiger partial charge in [-0.15, -0.1) is 0 Å². The molecule has 2 heterocycles. The number of rotatable bonds is 7. The van der Waals surface area contributed by atoms with E-state index in [4.69, 9.17) is 9.47 Å². The number of nitro benzene ring substituents is 1. The molecule has 0 bridgehead atoms. The van der Waals surface area contributed by atoms with E-state index in [0.29, 0.717) is 35.4 Å². The zero-order valence-corrected chi connectivity index (χ0v) is 18.9. The summed E-state index contributed by atoms with van der Waals surface area (Å²) in [5.74, 6) is -0.443. The largest absolute Gasteiger partial charge is 0.467 e. The van der Waals surface area contributed by atoms with Crippen LogP contribution in [-0.4, -0.2) is 66.4 Å². The van der Waals surface area contributed by atoms with Crippen LogP contribution < -0.4 is 10.1 Å². The number of morpholine rings is 1. The standard InChI is InChI=1S/C21H21N5O7S/c1-14-2-3-15(10-19(14)34(30,31)25-6-8-32-9-7-25)24-20(27)12-33-21-17-5-4-16(26(28)29)11-18(17)22-13-23-21/h2-5,10-11,13H,6-9,12H2,1H3,(H,24,27). The molecular weight excluding hydrogens is 466 g/mol. The highest BCUT2D eigenvalue weighted by Crippen LogP contribution is 2.26. The zero-order valence-electron chi connectivity index (χ0n) is 18.1. The van der Waals surface area contributed by atoms with Crippen LogP contribution in [-0.2, 0) is 19.6 Å². The van der Waals surface area contributed by atoms with Crippen molar-refractivity contribution in [3.05, 3.63) is 58.4 Å². The highest BCUT2D eigenvalue weighted by Gasteiger charge is 2.28. The molecule has 12 nitrogen and oxygen atoms in total. The van der Waals surface area contributed by atoms with Crippen molar-refractivity contribution in [3.63, 3.8) is 0 Å². The van der Waals surface area contributed by atoms with Crippen LogP contribution in [0.3, 0.4) is 0 Å². The third-order valence-electron chi connectivity index (χ3n) is 5.19. The molecule has 34 heavy (non-hydrogen) atoms. The van der Waals surface area contributed by atoms with E-state index in [1.807, 2.05) is 0 Å². The summed E-state index contributed by atoms with van der Waals surface area (Å²) in [6, 6.07) is 8.66. The van der Waals surface area contributed by atoms with Crippen LogP contribution in [0.5, 0.6) is 5.88 Å². The van der Waals surface area contributed by atoms with Gasteiger partial charge in [-0.05, 0) is 30.7 Å². The first-order valence-corrected chi connectivity index (χ1v) is 11.7. The van der Waals surface area contributed by atoms with Crippen LogP contribution in [0.4, 0.5) is 11.4 Å². The van der Waals surface area contributed by atoms with Gasteiger partial charge in [-0.25, -0.2) is 18.4 Å². The molecule has 0 aliphatic carbocycles. The van der Waals surface area contributed by atoms with Crippen molar-refractivity contribution in [2.24, 2.45) is 0 Å². The number of hydrogen-bond acceptors (Lipinski definition) is 9. The molecule has 0 unspecified atom stereocenters. The smallest absolute Gasteiger partial charge is 0.271 e. The summed E-state index contributed by atoms with van der Waals surface area (Å²) in [4.78, 5) is 31.0. The molecular formula is C21H21N5O7S. The topological polar surface area (TPSA) is 154 Å².